The molecule has 1 saturated carbocycles. The Morgan fingerprint density at radius 2 is 2.00 bits per heavy atom. The average Bonchev–Trinajstić information content (AvgIpc) is 3.68. The van der Waals surface area contributed by atoms with Gasteiger partial charge in [-0.15, -0.1) is 0 Å². The Bertz CT molecular complexity index is 1080. The maximum Gasteiger partial charge on any atom is 0.417 e. The minimum Gasteiger partial charge on any atom is -0.480 e. The van der Waals surface area contributed by atoms with Crippen LogP contribution >= 0.6 is 0 Å². The van der Waals surface area contributed by atoms with Crippen molar-refractivity contribution in [2.24, 2.45) is 10.4 Å². The highest BCUT2D eigenvalue weighted by molar-refractivity contribution is 6.19. The Kier molecular flexibility index (Phi) is 10.5. The van der Waals surface area contributed by atoms with Crippen LogP contribution in [-0.2, 0) is 27.2 Å². The van der Waals surface area contributed by atoms with Crippen LogP contribution in [0.15, 0.2) is 28.8 Å². The van der Waals surface area contributed by atoms with Gasteiger partial charge in [0.15, 0.2) is 0 Å². The molecule has 0 aromatic carbocycles. The van der Waals surface area contributed by atoms with Gasteiger partial charge in [-0.25, -0.2) is 9.78 Å². The zero-order valence-electron chi connectivity index (χ0n) is 22.9. The van der Waals surface area contributed by atoms with E-state index in [4.69, 9.17) is 4.74 Å². The first kappa shape index (κ1) is 30.6. The monoisotopic (exact) mass is 552 g/mol. The fourth-order valence-electron chi connectivity index (χ4n) is 4.72. The number of aliphatic carboxylic acids is 1. The molecule has 216 valence electrons. The van der Waals surface area contributed by atoms with Gasteiger partial charge in [0.1, 0.15) is 11.9 Å². The molecule has 2 heterocycles. The summed E-state index contributed by atoms with van der Waals surface area (Å²) < 4.78 is 46.7. The number of fused-ring (bicyclic) bond motifs is 1. The second-order valence-electron chi connectivity index (χ2n) is 10.4. The Balaban J connectivity index is 1.47. The van der Waals surface area contributed by atoms with Crippen molar-refractivity contribution in [3.05, 3.63) is 35.0 Å². The number of halogens is 3. The quantitative estimate of drug-likeness (QED) is 0.224. The lowest BCUT2D eigenvalue weighted by atomic mass is 9.91. The number of pyridine rings is 1. The number of nitrogens with zero attached hydrogens (tertiary/aromatic N) is 2. The number of nitrogens with one attached hydrogen (secondary N) is 2. The first-order valence-electron chi connectivity index (χ1n) is 13.6. The van der Waals surface area contributed by atoms with Crippen molar-refractivity contribution in [2.45, 2.75) is 90.4 Å². The fourth-order valence-corrected chi connectivity index (χ4v) is 4.72. The molecule has 0 spiro atoms. The third-order valence-electron chi connectivity index (χ3n) is 6.95. The normalized spacial score (nSPS) is 17.8. The number of hydrogen-bond donors (Lipinski definition) is 3. The predicted octanol–water partition coefficient (Wildman–Crippen LogP) is 4.88. The number of anilines is 1. The minimum atomic E-state index is -4.68. The third-order valence-corrected chi connectivity index (χ3v) is 6.95. The van der Waals surface area contributed by atoms with Crippen LogP contribution in [0.3, 0.4) is 0 Å². The number of carboxylic acid groups (broad SMARTS) is 1. The summed E-state index contributed by atoms with van der Waals surface area (Å²) in [6, 6.07) is 2.42. The highest BCUT2D eigenvalue weighted by atomic mass is 19.4. The average molecular weight is 553 g/mol. The van der Waals surface area contributed by atoms with E-state index in [9.17, 15) is 27.9 Å². The lowest BCUT2D eigenvalue weighted by Gasteiger charge is -2.24. The summed E-state index contributed by atoms with van der Waals surface area (Å²) >= 11 is 0. The zero-order valence-corrected chi connectivity index (χ0v) is 22.9. The summed E-state index contributed by atoms with van der Waals surface area (Å²) in [5.41, 5.74) is -0.503. The Morgan fingerprint density at radius 1 is 1.26 bits per heavy atom. The lowest BCUT2D eigenvalue weighted by Crippen LogP contribution is -2.48. The van der Waals surface area contributed by atoms with Crippen LogP contribution in [0.5, 0.6) is 0 Å². The molecule has 3 N–H and O–H groups in total. The molecular formula is C28H39F3N4O4. The highest BCUT2D eigenvalue weighted by Crippen LogP contribution is 2.51. The molecule has 39 heavy (non-hydrogen) atoms. The number of carbonyl (C=O) groups is 2. The van der Waals surface area contributed by atoms with E-state index in [0.29, 0.717) is 6.61 Å². The maximum atomic E-state index is 13.7. The number of allylic oxidation sites excluding steroid dienone is 2. The van der Waals surface area contributed by atoms with E-state index in [-0.39, 0.29) is 31.6 Å². The Labute approximate surface area is 227 Å². The number of unbranched alkanes of at least 4 members (excludes halogenated alkanes) is 1. The second kappa shape index (κ2) is 13.4. The van der Waals surface area contributed by atoms with E-state index in [1.807, 2.05) is 6.07 Å². The molecule has 1 aromatic rings. The lowest BCUT2D eigenvalue weighted by molar-refractivity contribution is -0.143. The van der Waals surface area contributed by atoms with Gasteiger partial charge >= 0.3 is 12.1 Å². The molecule has 3 rings (SSSR count). The molecule has 2 aliphatic rings. The van der Waals surface area contributed by atoms with Crippen molar-refractivity contribution in [1.29, 1.82) is 0 Å². The standard InChI is InChI=1S/C28H39F3N4O4/c1-4-21(28(29,30)31)23(33-18(2)3)27(13-14-27)26(38)35-22(25(36)37)12-17-39-16-6-5-9-20-11-10-19-8-7-15-32-24(19)34-20/h4,10-11,18,22H,5-9,12-17H2,1-3H3,(H,32,34)(H,35,38)(H,36,37)/b21-4+,33-23+. The van der Waals surface area contributed by atoms with Gasteiger partial charge in [-0.05, 0) is 77.3 Å². The summed E-state index contributed by atoms with van der Waals surface area (Å²) in [6.45, 7) is 5.98. The zero-order chi connectivity index (χ0) is 28.6. The SMILES string of the molecule is C/C=C(\C(=N/C(C)C)C1(C(=O)NC(CCOCCCCc2ccc3c(n2)NCCC3)C(=O)O)CC1)C(F)(F)F. The summed E-state index contributed by atoms with van der Waals surface area (Å²) in [5, 5.41) is 15.4. The van der Waals surface area contributed by atoms with E-state index < -0.39 is 41.1 Å². The third kappa shape index (κ3) is 8.27. The van der Waals surface area contributed by atoms with Gasteiger partial charge in [0.05, 0.1) is 16.7 Å². The van der Waals surface area contributed by atoms with Crippen LogP contribution in [0.25, 0.3) is 0 Å². The molecular weight excluding hydrogens is 513 g/mol. The molecule has 1 unspecified atom stereocenters. The summed E-state index contributed by atoms with van der Waals surface area (Å²) in [4.78, 5) is 33.7. The molecule has 0 radical (unpaired) electrons. The van der Waals surface area contributed by atoms with Gasteiger partial charge < -0.3 is 20.5 Å². The van der Waals surface area contributed by atoms with Crippen molar-refractivity contribution in [3.63, 3.8) is 0 Å². The van der Waals surface area contributed by atoms with Gasteiger partial charge in [-0.2, -0.15) is 13.2 Å². The molecule has 0 saturated heterocycles. The van der Waals surface area contributed by atoms with E-state index in [0.717, 1.165) is 56.2 Å². The smallest absolute Gasteiger partial charge is 0.417 e. The van der Waals surface area contributed by atoms with Crippen LogP contribution in [0, 0.1) is 5.41 Å². The van der Waals surface area contributed by atoms with E-state index in [1.165, 1.54) is 12.5 Å². The van der Waals surface area contributed by atoms with Crippen molar-refractivity contribution < 1.29 is 32.6 Å². The van der Waals surface area contributed by atoms with Crippen LogP contribution in [-0.4, -0.2) is 65.7 Å². The fraction of sp³-hybridized carbons (Fsp3) is 0.643. The molecule has 1 atom stereocenters. The predicted molar refractivity (Wildman–Crippen MR) is 143 cm³/mol. The molecule has 8 nitrogen and oxygen atoms in total. The van der Waals surface area contributed by atoms with Crippen molar-refractivity contribution >= 4 is 23.4 Å². The first-order valence-corrected chi connectivity index (χ1v) is 13.6. The maximum absolute atomic E-state index is 13.7. The van der Waals surface area contributed by atoms with Crippen LogP contribution in [0.2, 0.25) is 0 Å². The molecule has 1 aliphatic carbocycles. The minimum absolute atomic E-state index is 0.00159. The molecule has 1 amide bonds. The van der Waals surface area contributed by atoms with Crippen LogP contribution in [0.1, 0.15) is 70.6 Å². The number of carboxylic acids is 1. The summed E-state index contributed by atoms with van der Waals surface area (Å²) in [7, 11) is 0. The highest BCUT2D eigenvalue weighted by Gasteiger charge is 2.58. The number of aryl methyl sites for hydroxylation is 2. The van der Waals surface area contributed by atoms with Gasteiger partial charge in [0.25, 0.3) is 0 Å². The van der Waals surface area contributed by atoms with Crippen molar-refractivity contribution in [3.8, 4) is 0 Å². The summed E-state index contributed by atoms with van der Waals surface area (Å²) in [5.74, 6) is -1.04. The molecule has 1 fully saturated rings. The Morgan fingerprint density at radius 3 is 2.62 bits per heavy atom. The number of amides is 1. The number of alkyl halides is 3. The first-order chi connectivity index (χ1) is 18.5. The van der Waals surface area contributed by atoms with Gasteiger partial charge in [-0.1, -0.05) is 12.1 Å². The van der Waals surface area contributed by atoms with E-state index in [2.05, 4.69) is 26.7 Å². The second-order valence-corrected chi connectivity index (χ2v) is 10.4. The number of aromatic nitrogens is 1. The number of rotatable bonds is 14. The van der Waals surface area contributed by atoms with E-state index in [1.54, 1.807) is 13.8 Å². The van der Waals surface area contributed by atoms with E-state index >= 15 is 0 Å². The largest absolute Gasteiger partial charge is 0.480 e. The van der Waals surface area contributed by atoms with Gasteiger partial charge in [-0.3, -0.25) is 9.79 Å². The van der Waals surface area contributed by atoms with Crippen molar-refractivity contribution in [1.82, 2.24) is 10.3 Å². The number of hydrogen-bond acceptors (Lipinski definition) is 6. The Hall–Kier alpha value is -2.95. The number of ether oxygens (including phenoxy) is 1. The topological polar surface area (TPSA) is 113 Å². The van der Waals surface area contributed by atoms with Crippen LogP contribution < -0.4 is 10.6 Å². The van der Waals surface area contributed by atoms with Crippen molar-refractivity contribution in [2.75, 3.05) is 25.1 Å². The molecule has 1 aliphatic heterocycles. The molecule has 1 aromatic heterocycles. The van der Waals surface area contributed by atoms with Crippen LogP contribution in [0.4, 0.5) is 19.0 Å². The summed E-state index contributed by atoms with van der Waals surface area (Å²) in [6.07, 6.45) is 1.17. The molecule has 11 heteroatoms. The number of carbonyl (C=O) groups excluding carboxylic acids is 1. The van der Waals surface area contributed by atoms with Gasteiger partial charge in [0, 0.05) is 37.9 Å². The van der Waals surface area contributed by atoms with Gasteiger partial charge in [0.2, 0.25) is 5.91 Å². The number of aliphatic imine (C=N–C) groups is 1. The molecule has 0 bridgehead atoms.